The van der Waals surface area contributed by atoms with E-state index in [4.69, 9.17) is 9.47 Å². The lowest BCUT2D eigenvalue weighted by molar-refractivity contribution is -0.235. The third-order valence-electron chi connectivity index (χ3n) is 3.05. The normalized spacial score (nSPS) is 11.7. The first-order valence-electron chi connectivity index (χ1n) is 7.06. The fraction of sp³-hybridized carbons (Fsp3) is 0.625. The lowest BCUT2D eigenvalue weighted by Crippen LogP contribution is -2.30. The summed E-state index contributed by atoms with van der Waals surface area (Å²) < 4.78 is 12.0. The van der Waals surface area contributed by atoms with Gasteiger partial charge in [0.05, 0.1) is 13.2 Å². The first-order chi connectivity index (χ1) is 8.73. The molecule has 0 atom stereocenters. The van der Waals surface area contributed by atoms with Crippen molar-refractivity contribution >= 4 is 0 Å². The van der Waals surface area contributed by atoms with Gasteiger partial charge in [0.2, 0.25) is 0 Å². The molecule has 0 aliphatic heterocycles. The molecule has 1 aromatic rings. The van der Waals surface area contributed by atoms with Gasteiger partial charge >= 0.3 is 0 Å². The van der Waals surface area contributed by atoms with Gasteiger partial charge in [0.25, 0.3) is 0 Å². The van der Waals surface area contributed by atoms with Gasteiger partial charge in [0, 0.05) is 5.56 Å². The topological polar surface area (TPSA) is 18.5 Å². The van der Waals surface area contributed by atoms with Gasteiger partial charge in [0.1, 0.15) is 0 Å². The van der Waals surface area contributed by atoms with E-state index in [1.54, 1.807) is 0 Å². The van der Waals surface area contributed by atoms with Crippen molar-refractivity contribution in [1.29, 1.82) is 0 Å². The molecule has 0 N–H and O–H groups in total. The van der Waals surface area contributed by atoms with E-state index in [0.717, 1.165) is 44.5 Å². The lowest BCUT2D eigenvalue weighted by Gasteiger charge is -2.30. The SMILES string of the molecule is CCCCOC(C)(OCCCC)c1ccccc1. The Kier molecular flexibility index (Phi) is 6.99. The standard InChI is InChI=1S/C16H26O2/c1-4-6-13-17-16(3,18-14-7-5-2)15-11-9-8-10-12-15/h8-12H,4-7,13-14H2,1-3H3. The summed E-state index contributed by atoms with van der Waals surface area (Å²) in [5.74, 6) is -0.606. The molecule has 0 bridgehead atoms. The van der Waals surface area contributed by atoms with Crippen LogP contribution in [0.3, 0.4) is 0 Å². The molecule has 1 rings (SSSR count). The van der Waals surface area contributed by atoms with Gasteiger partial charge in [-0.25, -0.2) is 0 Å². The maximum absolute atomic E-state index is 5.98. The van der Waals surface area contributed by atoms with Crippen molar-refractivity contribution in [1.82, 2.24) is 0 Å². The lowest BCUT2D eigenvalue weighted by atomic mass is 10.1. The monoisotopic (exact) mass is 250 g/mol. The van der Waals surface area contributed by atoms with Crippen LogP contribution in [0.4, 0.5) is 0 Å². The predicted octanol–water partition coefficient (Wildman–Crippen LogP) is 4.49. The van der Waals surface area contributed by atoms with E-state index in [1.165, 1.54) is 0 Å². The van der Waals surface area contributed by atoms with Crippen LogP contribution in [0.5, 0.6) is 0 Å². The Labute approximate surface area is 111 Å². The smallest absolute Gasteiger partial charge is 0.191 e. The van der Waals surface area contributed by atoms with Gasteiger partial charge in [-0.2, -0.15) is 0 Å². The zero-order valence-electron chi connectivity index (χ0n) is 11.9. The van der Waals surface area contributed by atoms with Crippen LogP contribution in [0, 0.1) is 0 Å². The quantitative estimate of drug-likeness (QED) is 0.475. The number of hydrogen-bond donors (Lipinski definition) is 0. The average Bonchev–Trinajstić information content (AvgIpc) is 2.40. The van der Waals surface area contributed by atoms with Crippen molar-refractivity contribution in [2.75, 3.05) is 13.2 Å². The van der Waals surface area contributed by atoms with Gasteiger partial charge < -0.3 is 9.47 Å². The molecule has 2 nitrogen and oxygen atoms in total. The van der Waals surface area contributed by atoms with Gasteiger partial charge in [-0.3, -0.25) is 0 Å². The molecule has 0 heterocycles. The average molecular weight is 250 g/mol. The molecule has 2 heteroatoms. The molecule has 0 fully saturated rings. The van der Waals surface area contributed by atoms with Crippen LogP contribution in [0.1, 0.15) is 52.0 Å². The zero-order chi connectivity index (χ0) is 13.3. The Morgan fingerprint density at radius 1 is 0.889 bits per heavy atom. The third-order valence-corrected chi connectivity index (χ3v) is 3.05. The first-order valence-corrected chi connectivity index (χ1v) is 7.06. The second kappa shape index (κ2) is 8.28. The maximum Gasteiger partial charge on any atom is 0.191 e. The highest BCUT2D eigenvalue weighted by atomic mass is 16.7. The van der Waals surface area contributed by atoms with E-state index in [9.17, 15) is 0 Å². The Hall–Kier alpha value is -0.860. The predicted molar refractivity (Wildman–Crippen MR) is 75.5 cm³/mol. The second-order valence-corrected chi connectivity index (χ2v) is 4.72. The fourth-order valence-corrected chi connectivity index (χ4v) is 1.77. The minimum Gasteiger partial charge on any atom is -0.346 e. The molecule has 0 radical (unpaired) electrons. The van der Waals surface area contributed by atoms with Crippen LogP contribution in [-0.2, 0) is 15.3 Å². The van der Waals surface area contributed by atoms with Crippen molar-refractivity contribution in [2.24, 2.45) is 0 Å². The summed E-state index contributed by atoms with van der Waals surface area (Å²) in [5, 5.41) is 0. The zero-order valence-corrected chi connectivity index (χ0v) is 11.9. The Morgan fingerprint density at radius 3 is 1.83 bits per heavy atom. The minimum absolute atomic E-state index is 0.606. The van der Waals surface area contributed by atoms with Crippen LogP contribution < -0.4 is 0 Å². The molecule has 102 valence electrons. The van der Waals surface area contributed by atoms with Crippen LogP contribution in [-0.4, -0.2) is 13.2 Å². The third kappa shape index (κ3) is 4.79. The van der Waals surface area contributed by atoms with E-state index in [-0.39, 0.29) is 0 Å². The molecular weight excluding hydrogens is 224 g/mol. The second-order valence-electron chi connectivity index (χ2n) is 4.72. The van der Waals surface area contributed by atoms with Gasteiger partial charge in [-0.05, 0) is 19.8 Å². The highest BCUT2D eigenvalue weighted by Gasteiger charge is 2.27. The largest absolute Gasteiger partial charge is 0.346 e. The van der Waals surface area contributed by atoms with Crippen molar-refractivity contribution < 1.29 is 9.47 Å². The van der Waals surface area contributed by atoms with Crippen molar-refractivity contribution in [3.05, 3.63) is 35.9 Å². The Morgan fingerprint density at radius 2 is 1.39 bits per heavy atom. The summed E-state index contributed by atoms with van der Waals surface area (Å²) in [6, 6.07) is 10.2. The maximum atomic E-state index is 5.98. The van der Waals surface area contributed by atoms with Crippen LogP contribution in [0.15, 0.2) is 30.3 Å². The van der Waals surface area contributed by atoms with E-state index in [2.05, 4.69) is 26.0 Å². The van der Waals surface area contributed by atoms with Crippen LogP contribution >= 0.6 is 0 Å². The number of benzene rings is 1. The molecule has 18 heavy (non-hydrogen) atoms. The summed E-state index contributed by atoms with van der Waals surface area (Å²) in [6.07, 6.45) is 4.42. The molecule has 0 aliphatic rings. The van der Waals surface area contributed by atoms with Crippen LogP contribution in [0.2, 0.25) is 0 Å². The molecule has 0 spiro atoms. The van der Waals surface area contributed by atoms with Crippen molar-refractivity contribution in [3.8, 4) is 0 Å². The van der Waals surface area contributed by atoms with Crippen LogP contribution in [0.25, 0.3) is 0 Å². The van der Waals surface area contributed by atoms with E-state index in [1.807, 2.05) is 25.1 Å². The van der Waals surface area contributed by atoms with Gasteiger partial charge in [-0.15, -0.1) is 0 Å². The number of unbranched alkanes of at least 4 members (excludes halogenated alkanes) is 2. The Bertz CT molecular complexity index is 298. The number of hydrogen-bond acceptors (Lipinski definition) is 2. The van der Waals surface area contributed by atoms with E-state index in [0.29, 0.717) is 0 Å². The number of ether oxygens (including phenoxy) is 2. The molecule has 0 aromatic heterocycles. The number of rotatable bonds is 9. The molecule has 1 aromatic carbocycles. The van der Waals surface area contributed by atoms with E-state index < -0.39 is 5.79 Å². The summed E-state index contributed by atoms with van der Waals surface area (Å²) in [6.45, 7) is 7.85. The first kappa shape index (κ1) is 15.2. The van der Waals surface area contributed by atoms with Gasteiger partial charge in [-0.1, -0.05) is 57.0 Å². The van der Waals surface area contributed by atoms with Crippen molar-refractivity contribution in [2.45, 2.75) is 52.2 Å². The minimum atomic E-state index is -0.606. The highest BCUT2D eigenvalue weighted by Crippen LogP contribution is 2.27. The molecule has 0 saturated carbocycles. The highest BCUT2D eigenvalue weighted by molar-refractivity contribution is 5.19. The van der Waals surface area contributed by atoms with Gasteiger partial charge in [0.15, 0.2) is 5.79 Å². The molecule has 0 unspecified atom stereocenters. The van der Waals surface area contributed by atoms with E-state index >= 15 is 0 Å². The fourth-order valence-electron chi connectivity index (χ4n) is 1.77. The molecule has 0 aliphatic carbocycles. The summed E-state index contributed by atoms with van der Waals surface area (Å²) >= 11 is 0. The summed E-state index contributed by atoms with van der Waals surface area (Å²) in [4.78, 5) is 0. The van der Waals surface area contributed by atoms with Crippen molar-refractivity contribution in [3.63, 3.8) is 0 Å². The molecular formula is C16H26O2. The summed E-state index contributed by atoms with van der Waals surface area (Å²) in [7, 11) is 0. The summed E-state index contributed by atoms with van der Waals surface area (Å²) in [5.41, 5.74) is 1.09. The molecule has 0 amide bonds. The molecule has 0 saturated heterocycles. The Balaban J connectivity index is 2.67.